The molecule has 1 radical (unpaired) electrons. The van der Waals surface area contributed by atoms with E-state index in [0.29, 0.717) is 0 Å². The summed E-state index contributed by atoms with van der Waals surface area (Å²) in [7, 11) is 2.16. The molecule has 1 saturated heterocycles. The van der Waals surface area contributed by atoms with Crippen molar-refractivity contribution in [3.63, 3.8) is 0 Å². The van der Waals surface area contributed by atoms with Crippen molar-refractivity contribution in [2.45, 2.75) is 0 Å². The first-order valence-electron chi connectivity index (χ1n) is 6.54. The number of likely N-dealkylation sites (N-methyl/N-ethyl adjacent to an activating group) is 1. The molecule has 1 aliphatic rings. The van der Waals surface area contributed by atoms with Gasteiger partial charge < -0.3 is 9.80 Å². The maximum Gasteiger partial charge on any atom is 0.0936 e. The molecule has 4 nitrogen and oxygen atoms in total. The highest BCUT2D eigenvalue weighted by Crippen LogP contribution is 2.28. The topological polar surface area (TPSA) is 32.3 Å². The Bertz CT molecular complexity index is 533. The SMILES string of the molecule is CN1CCN(c2c[c]cnc2-c2ccncc2)CC1. The number of hydrogen-bond donors (Lipinski definition) is 0. The highest BCUT2D eigenvalue weighted by Gasteiger charge is 2.18. The Morgan fingerprint density at radius 1 is 1.11 bits per heavy atom. The number of rotatable bonds is 2. The summed E-state index contributed by atoms with van der Waals surface area (Å²) in [6.07, 6.45) is 5.35. The molecular weight excluding hydrogens is 236 g/mol. The van der Waals surface area contributed by atoms with E-state index in [2.05, 4.69) is 32.9 Å². The quantitative estimate of drug-likeness (QED) is 0.815. The Balaban J connectivity index is 1.94. The number of piperazine rings is 1. The lowest BCUT2D eigenvalue weighted by Gasteiger charge is -2.34. The first-order valence-corrected chi connectivity index (χ1v) is 6.54. The Kier molecular flexibility index (Phi) is 3.42. The second-order valence-corrected chi connectivity index (χ2v) is 4.83. The van der Waals surface area contributed by atoms with Crippen LogP contribution in [0, 0.1) is 6.07 Å². The van der Waals surface area contributed by atoms with Gasteiger partial charge in [0.2, 0.25) is 0 Å². The average Bonchev–Trinajstić information content (AvgIpc) is 2.49. The molecule has 0 aliphatic carbocycles. The number of aromatic nitrogens is 2. The number of anilines is 1. The molecule has 0 atom stereocenters. The van der Waals surface area contributed by atoms with Crippen LogP contribution in [0.4, 0.5) is 5.69 Å². The van der Waals surface area contributed by atoms with E-state index < -0.39 is 0 Å². The van der Waals surface area contributed by atoms with Gasteiger partial charge in [0.05, 0.1) is 11.4 Å². The molecule has 0 bridgehead atoms. The van der Waals surface area contributed by atoms with Crippen molar-refractivity contribution in [1.82, 2.24) is 14.9 Å². The second-order valence-electron chi connectivity index (χ2n) is 4.83. The summed E-state index contributed by atoms with van der Waals surface area (Å²) in [5, 5.41) is 0. The molecule has 0 spiro atoms. The fraction of sp³-hybridized carbons (Fsp3) is 0.333. The van der Waals surface area contributed by atoms with Crippen molar-refractivity contribution in [2.24, 2.45) is 0 Å². The van der Waals surface area contributed by atoms with E-state index in [1.54, 1.807) is 6.20 Å². The predicted molar refractivity (Wildman–Crippen MR) is 76.0 cm³/mol. The Morgan fingerprint density at radius 2 is 1.84 bits per heavy atom. The van der Waals surface area contributed by atoms with Gasteiger partial charge in [-0.2, -0.15) is 0 Å². The van der Waals surface area contributed by atoms with Gasteiger partial charge in [-0.05, 0) is 25.2 Å². The van der Waals surface area contributed by atoms with E-state index >= 15 is 0 Å². The molecule has 0 aromatic carbocycles. The third kappa shape index (κ3) is 2.58. The minimum atomic E-state index is 1.02. The van der Waals surface area contributed by atoms with Crippen molar-refractivity contribution in [3.05, 3.63) is 42.9 Å². The largest absolute Gasteiger partial charge is 0.367 e. The Hall–Kier alpha value is -1.94. The highest BCUT2D eigenvalue weighted by atomic mass is 15.2. The van der Waals surface area contributed by atoms with Crippen molar-refractivity contribution in [1.29, 1.82) is 0 Å². The van der Waals surface area contributed by atoms with Crippen molar-refractivity contribution >= 4 is 5.69 Å². The summed E-state index contributed by atoms with van der Waals surface area (Å²) >= 11 is 0. The van der Waals surface area contributed by atoms with E-state index in [1.807, 2.05) is 30.6 Å². The van der Waals surface area contributed by atoms with Crippen molar-refractivity contribution in [3.8, 4) is 11.3 Å². The van der Waals surface area contributed by atoms with Gasteiger partial charge in [0.15, 0.2) is 0 Å². The van der Waals surface area contributed by atoms with Gasteiger partial charge in [-0.3, -0.25) is 9.97 Å². The van der Waals surface area contributed by atoms with Crippen LogP contribution in [-0.4, -0.2) is 48.1 Å². The standard InChI is InChI=1S/C15H17N4/c1-18-9-11-19(12-10-18)14-3-2-6-17-15(14)13-4-7-16-8-5-13/h3-8H,9-12H2,1H3. The normalized spacial score (nSPS) is 16.6. The second kappa shape index (κ2) is 5.36. The van der Waals surface area contributed by atoms with Crippen LogP contribution in [0.5, 0.6) is 0 Å². The van der Waals surface area contributed by atoms with Crippen LogP contribution in [0.2, 0.25) is 0 Å². The summed E-state index contributed by atoms with van der Waals surface area (Å²) in [5.74, 6) is 0. The molecule has 0 amide bonds. The molecule has 1 fully saturated rings. The molecule has 2 aromatic rings. The van der Waals surface area contributed by atoms with E-state index in [-0.39, 0.29) is 0 Å². The molecule has 19 heavy (non-hydrogen) atoms. The summed E-state index contributed by atoms with van der Waals surface area (Å²) in [4.78, 5) is 13.3. The van der Waals surface area contributed by atoms with E-state index in [1.165, 1.54) is 5.69 Å². The molecule has 4 heteroatoms. The zero-order valence-electron chi connectivity index (χ0n) is 11.1. The average molecular weight is 253 g/mol. The first kappa shape index (κ1) is 12.1. The maximum atomic E-state index is 4.50. The lowest BCUT2D eigenvalue weighted by molar-refractivity contribution is 0.313. The molecular formula is C15H17N4. The first-order chi connectivity index (χ1) is 9.34. The summed E-state index contributed by atoms with van der Waals surface area (Å²) in [5.41, 5.74) is 3.30. The fourth-order valence-corrected chi connectivity index (χ4v) is 2.37. The van der Waals surface area contributed by atoms with E-state index in [0.717, 1.165) is 37.4 Å². The Labute approximate surface area is 113 Å². The third-order valence-corrected chi connectivity index (χ3v) is 3.53. The summed E-state index contributed by atoms with van der Waals surface area (Å²) in [6.45, 7) is 4.25. The molecule has 0 unspecified atom stereocenters. The van der Waals surface area contributed by atoms with Gasteiger partial charge in [0.25, 0.3) is 0 Å². The van der Waals surface area contributed by atoms with Crippen LogP contribution in [0.1, 0.15) is 0 Å². The van der Waals surface area contributed by atoms with Crippen LogP contribution in [0.3, 0.4) is 0 Å². The van der Waals surface area contributed by atoms with Gasteiger partial charge in [-0.25, -0.2) is 0 Å². The predicted octanol–water partition coefficient (Wildman–Crippen LogP) is 1.70. The maximum absolute atomic E-state index is 4.50. The molecule has 1 aliphatic heterocycles. The number of pyridine rings is 2. The zero-order chi connectivity index (χ0) is 13.1. The molecule has 3 heterocycles. The van der Waals surface area contributed by atoms with Gasteiger partial charge in [-0.1, -0.05) is 0 Å². The van der Waals surface area contributed by atoms with E-state index in [9.17, 15) is 0 Å². The highest BCUT2D eigenvalue weighted by molar-refractivity contribution is 5.74. The summed E-state index contributed by atoms with van der Waals surface area (Å²) < 4.78 is 0. The number of hydrogen-bond acceptors (Lipinski definition) is 4. The molecule has 2 aromatic heterocycles. The molecule has 97 valence electrons. The van der Waals surface area contributed by atoms with Crippen LogP contribution in [-0.2, 0) is 0 Å². The van der Waals surface area contributed by atoms with Crippen LogP contribution in [0.15, 0.2) is 36.8 Å². The lowest BCUT2D eigenvalue weighted by Crippen LogP contribution is -2.44. The minimum Gasteiger partial charge on any atom is -0.367 e. The van der Waals surface area contributed by atoms with E-state index in [4.69, 9.17) is 0 Å². The zero-order valence-corrected chi connectivity index (χ0v) is 11.1. The lowest BCUT2D eigenvalue weighted by atomic mass is 10.1. The fourth-order valence-electron chi connectivity index (χ4n) is 2.37. The van der Waals surface area contributed by atoms with Gasteiger partial charge in [0.1, 0.15) is 0 Å². The van der Waals surface area contributed by atoms with Gasteiger partial charge in [0, 0.05) is 56.4 Å². The number of nitrogens with zero attached hydrogens (tertiary/aromatic N) is 4. The third-order valence-electron chi connectivity index (χ3n) is 3.53. The van der Waals surface area contributed by atoms with Crippen molar-refractivity contribution in [2.75, 3.05) is 38.1 Å². The molecule has 3 rings (SSSR count). The van der Waals surface area contributed by atoms with Crippen LogP contribution in [0.25, 0.3) is 11.3 Å². The smallest absolute Gasteiger partial charge is 0.0936 e. The van der Waals surface area contributed by atoms with Gasteiger partial charge >= 0.3 is 0 Å². The monoisotopic (exact) mass is 253 g/mol. The minimum absolute atomic E-state index is 1.02. The van der Waals surface area contributed by atoms with Crippen LogP contribution >= 0.6 is 0 Å². The van der Waals surface area contributed by atoms with Crippen LogP contribution < -0.4 is 4.90 Å². The van der Waals surface area contributed by atoms with Gasteiger partial charge in [-0.15, -0.1) is 0 Å². The van der Waals surface area contributed by atoms with Crippen molar-refractivity contribution < 1.29 is 0 Å². The summed E-state index contributed by atoms with van der Waals surface area (Å²) in [6, 6.07) is 9.14. The molecule has 0 N–H and O–H groups in total. The Morgan fingerprint density at radius 3 is 2.58 bits per heavy atom. The molecule has 0 saturated carbocycles.